The average molecular weight is 236 g/mol. The molecule has 0 heterocycles. The van der Waals surface area contributed by atoms with Gasteiger partial charge in [0.2, 0.25) is 0 Å². The van der Waals surface area contributed by atoms with Gasteiger partial charge in [-0.1, -0.05) is 0 Å². The van der Waals surface area contributed by atoms with Crippen LogP contribution in [0.4, 0.5) is 0 Å². The van der Waals surface area contributed by atoms with Crippen LogP contribution in [0, 0.1) is 0 Å². The smallest absolute Gasteiger partial charge is 2.00 e. The molecule has 0 spiro atoms. The fourth-order valence-corrected chi connectivity index (χ4v) is 0. The van der Waals surface area contributed by atoms with Crippen LogP contribution in [0.2, 0.25) is 0 Å². The van der Waals surface area contributed by atoms with Gasteiger partial charge in [0.1, 0.15) is 0 Å². The van der Waals surface area contributed by atoms with Crippen molar-refractivity contribution < 1.29 is 0 Å². The van der Waals surface area contributed by atoms with E-state index < -0.39 is 0 Å². The molecule has 0 aliphatic heterocycles. The van der Waals surface area contributed by atoms with Gasteiger partial charge in [0, 0.05) is 0 Å². The van der Waals surface area contributed by atoms with E-state index in [-0.39, 0.29) is 80.1 Å². The van der Waals surface area contributed by atoms with Crippen LogP contribution >= 0.6 is 0 Å². The maximum Gasteiger partial charge on any atom is 3.00 e. The van der Waals surface area contributed by atoms with Gasteiger partial charge in [0.05, 0.1) is 0 Å². The van der Waals surface area contributed by atoms with Crippen molar-refractivity contribution in [1.29, 1.82) is 0 Å². The molecular formula is Ga2S3. The topological polar surface area (TPSA) is 0 Å². The molecule has 0 bridgehead atoms. The Hall–Kier alpha value is 2.32. The monoisotopic (exact) mass is 234 g/mol. The summed E-state index contributed by atoms with van der Waals surface area (Å²) in [5, 5.41) is 0. The van der Waals surface area contributed by atoms with Crippen molar-refractivity contribution >= 4 is 80.1 Å². The van der Waals surface area contributed by atoms with E-state index in [1.54, 1.807) is 0 Å². The molecule has 0 fully saturated rings. The molecule has 24 valence electrons. The molecule has 0 atom stereocenters. The minimum absolute atomic E-state index is 0. The standard InChI is InChI=1S/2Ga.3S/q2*+3;3*-2. The summed E-state index contributed by atoms with van der Waals surface area (Å²) in [5.74, 6) is 0. The number of rotatable bonds is 0. The summed E-state index contributed by atoms with van der Waals surface area (Å²) in [6, 6.07) is 0. The largest absolute Gasteiger partial charge is 3.00 e. The SMILES string of the molecule is [Ga+3].[Ga+3].[S-2].[S-2].[S-2]. The Morgan fingerprint density at radius 3 is 0.400 bits per heavy atom. The molecule has 0 radical (unpaired) electrons. The van der Waals surface area contributed by atoms with Crippen LogP contribution in [0.3, 0.4) is 0 Å². The molecule has 0 aliphatic carbocycles. The predicted molar refractivity (Wildman–Crippen MR) is 33.6 cm³/mol. The van der Waals surface area contributed by atoms with Gasteiger partial charge in [0.15, 0.2) is 0 Å². The molecule has 0 aromatic rings. The van der Waals surface area contributed by atoms with Crippen LogP contribution in [-0.4, -0.2) is 39.6 Å². The molecule has 0 aromatic carbocycles. The first-order chi connectivity index (χ1) is 0. The zero-order valence-electron chi connectivity index (χ0n) is 2.38. The van der Waals surface area contributed by atoms with Crippen molar-refractivity contribution in [3.63, 3.8) is 0 Å². The molecule has 0 aromatic heterocycles. The van der Waals surface area contributed by atoms with Gasteiger partial charge in [0.25, 0.3) is 0 Å². The Labute approximate surface area is 79.3 Å². The van der Waals surface area contributed by atoms with Crippen LogP contribution in [-0.2, 0) is 40.5 Å². The van der Waals surface area contributed by atoms with Gasteiger partial charge in [-0.15, -0.1) is 0 Å². The van der Waals surface area contributed by atoms with Crippen molar-refractivity contribution in [2.45, 2.75) is 0 Å². The van der Waals surface area contributed by atoms with E-state index >= 15 is 0 Å². The molecule has 0 saturated heterocycles. The summed E-state index contributed by atoms with van der Waals surface area (Å²) in [5.41, 5.74) is 0. The van der Waals surface area contributed by atoms with Gasteiger partial charge in [-0.25, -0.2) is 0 Å². The zero-order chi connectivity index (χ0) is 0. The van der Waals surface area contributed by atoms with Crippen molar-refractivity contribution in [3.05, 3.63) is 0 Å². The maximum atomic E-state index is 0. The third-order valence-corrected chi connectivity index (χ3v) is 0. The van der Waals surface area contributed by atoms with Gasteiger partial charge in [-0.05, 0) is 0 Å². The summed E-state index contributed by atoms with van der Waals surface area (Å²) >= 11 is 0. The fourth-order valence-electron chi connectivity index (χ4n) is 0. The second-order valence-electron chi connectivity index (χ2n) is 0. The van der Waals surface area contributed by atoms with Gasteiger partial charge in [-0.3, -0.25) is 0 Å². The summed E-state index contributed by atoms with van der Waals surface area (Å²) in [4.78, 5) is 0. The Kier molecular flexibility index (Phi) is 360. The third kappa shape index (κ3) is 21.9. The minimum Gasteiger partial charge on any atom is -2.00 e. The Morgan fingerprint density at radius 1 is 0.400 bits per heavy atom. The van der Waals surface area contributed by atoms with Gasteiger partial charge < -0.3 is 40.5 Å². The van der Waals surface area contributed by atoms with E-state index in [2.05, 4.69) is 0 Å². The molecule has 0 aliphatic rings. The average Bonchev–Trinajstić information content (AvgIpc) is 0. The van der Waals surface area contributed by atoms with Crippen LogP contribution in [0.5, 0.6) is 0 Å². The second kappa shape index (κ2) is 33.2. The normalized spacial score (nSPS) is 0. The first-order valence-corrected chi connectivity index (χ1v) is 0. The third-order valence-electron chi connectivity index (χ3n) is 0. The van der Waals surface area contributed by atoms with E-state index in [4.69, 9.17) is 0 Å². The number of hydrogen-bond donors (Lipinski definition) is 0. The van der Waals surface area contributed by atoms with Crippen LogP contribution in [0.25, 0.3) is 0 Å². The van der Waals surface area contributed by atoms with E-state index in [9.17, 15) is 0 Å². The number of hydrogen-bond acceptors (Lipinski definition) is 0. The molecule has 0 rings (SSSR count). The Balaban J connectivity index is 0. The van der Waals surface area contributed by atoms with Crippen molar-refractivity contribution in [3.8, 4) is 0 Å². The first-order valence-electron chi connectivity index (χ1n) is 0. The van der Waals surface area contributed by atoms with Crippen molar-refractivity contribution in [2.24, 2.45) is 0 Å². The molecule has 0 amide bonds. The van der Waals surface area contributed by atoms with Gasteiger partial charge in [-0.2, -0.15) is 0 Å². The molecule has 5 heteroatoms. The summed E-state index contributed by atoms with van der Waals surface area (Å²) in [6.45, 7) is 0. The maximum absolute atomic E-state index is 0. The molecule has 0 saturated carbocycles. The van der Waals surface area contributed by atoms with E-state index in [0.29, 0.717) is 0 Å². The molecule has 0 N–H and O–H groups in total. The van der Waals surface area contributed by atoms with Crippen molar-refractivity contribution in [1.82, 2.24) is 0 Å². The minimum atomic E-state index is 0. The second-order valence-corrected chi connectivity index (χ2v) is 0. The Morgan fingerprint density at radius 2 is 0.400 bits per heavy atom. The quantitative estimate of drug-likeness (QED) is 0.484. The summed E-state index contributed by atoms with van der Waals surface area (Å²) in [7, 11) is 0. The fraction of sp³-hybridized carbons (Fsp3) is 0. The molecular weight excluding hydrogens is 236 g/mol. The van der Waals surface area contributed by atoms with Crippen molar-refractivity contribution in [2.75, 3.05) is 0 Å². The van der Waals surface area contributed by atoms with E-state index in [1.807, 2.05) is 0 Å². The molecule has 0 unspecified atom stereocenters. The van der Waals surface area contributed by atoms with Crippen LogP contribution < -0.4 is 0 Å². The molecule has 5 heavy (non-hydrogen) atoms. The van der Waals surface area contributed by atoms with E-state index in [1.165, 1.54) is 0 Å². The predicted octanol–water partition coefficient (Wildman–Crippen LogP) is -0.769. The summed E-state index contributed by atoms with van der Waals surface area (Å²) in [6.07, 6.45) is 0. The van der Waals surface area contributed by atoms with Gasteiger partial charge >= 0.3 is 39.6 Å². The Bertz CT molecular complexity index is 4.85. The van der Waals surface area contributed by atoms with Crippen LogP contribution in [0.15, 0.2) is 0 Å². The van der Waals surface area contributed by atoms with E-state index in [0.717, 1.165) is 0 Å². The van der Waals surface area contributed by atoms with Crippen LogP contribution in [0.1, 0.15) is 0 Å². The molecule has 0 nitrogen and oxygen atoms in total. The first kappa shape index (κ1) is 54.3. The zero-order valence-corrected chi connectivity index (χ0v) is 9.67. The summed E-state index contributed by atoms with van der Waals surface area (Å²) < 4.78 is 0.